The van der Waals surface area contributed by atoms with E-state index in [0.717, 1.165) is 0 Å². The van der Waals surface area contributed by atoms with Gasteiger partial charge in [-0.2, -0.15) is 0 Å². The van der Waals surface area contributed by atoms with Gasteiger partial charge in [0.15, 0.2) is 0 Å². The molecule has 2 nitrogen and oxygen atoms in total. The number of fused-ring (bicyclic) bond motifs is 3. The Bertz CT molecular complexity index is 452. The highest BCUT2D eigenvalue weighted by Gasteiger charge is 2.41. The fourth-order valence-corrected chi connectivity index (χ4v) is 3.86. The zero-order chi connectivity index (χ0) is 12.5. The molecular formula is C16H20O2. The predicted octanol–water partition coefficient (Wildman–Crippen LogP) is 3.62. The second-order valence-electron chi connectivity index (χ2n) is 5.59. The van der Waals surface area contributed by atoms with E-state index < -0.39 is 0 Å². The Morgan fingerprint density at radius 1 is 1.22 bits per heavy atom. The molecule has 3 rings (SSSR count). The molecule has 0 radical (unpaired) electrons. The van der Waals surface area contributed by atoms with Crippen LogP contribution in [-0.2, 0) is 9.53 Å². The molecule has 0 amide bonds. The zero-order valence-electron chi connectivity index (χ0n) is 10.9. The summed E-state index contributed by atoms with van der Waals surface area (Å²) in [5.41, 5.74) is 2.94. The molecular weight excluding hydrogens is 224 g/mol. The third-order valence-corrected chi connectivity index (χ3v) is 4.60. The van der Waals surface area contributed by atoms with Crippen LogP contribution in [0, 0.1) is 5.92 Å². The first-order valence-electron chi connectivity index (χ1n) is 6.99. The molecule has 3 atom stereocenters. The molecule has 2 aliphatic carbocycles. The predicted molar refractivity (Wildman–Crippen MR) is 70.5 cm³/mol. The second kappa shape index (κ2) is 4.75. The van der Waals surface area contributed by atoms with Gasteiger partial charge in [-0.15, -0.1) is 0 Å². The standard InChI is InChI=1S/C16H20O2/c1-11(17)18-10-16-14-8-4-2-6-12(14)13-7-3-5-9-15(13)16/h2,4,6,8,13,15-16H,3,5,7,9-10H2,1H3. The quantitative estimate of drug-likeness (QED) is 0.743. The van der Waals surface area contributed by atoms with Crippen LogP contribution in [0.25, 0.3) is 0 Å². The Morgan fingerprint density at radius 3 is 2.72 bits per heavy atom. The molecule has 1 aromatic carbocycles. The van der Waals surface area contributed by atoms with Crippen molar-refractivity contribution in [3.63, 3.8) is 0 Å². The molecule has 96 valence electrons. The van der Waals surface area contributed by atoms with E-state index in [4.69, 9.17) is 4.74 Å². The number of carbonyl (C=O) groups excluding carboxylic acids is 1. The minimum Gasteiger partial charge on any atom is -0.465 e. The number of hydrogen-bond acceptors (Lipinski definition) is 2. The van der Waals surface area contributed by atoms with Crippen LogP contribution in [0.3, 0.4) is 0 Å². The lowest BCUT2D eigenvalue weighted by atomic mass is 9.76. The van der Waals surface area contributed by atoms with E-state index in [9.17, 15) is 4.79 Å². The van der Waals surface area contributed by atoms with Gasteiger partial charge < -0.3 is 4.74 Å². The SMILES string of the molecule is CC(=O)OCC1c2ccccc2C2CCCCC21. The number of carbonyl (C=O) groups is 1. The van der Waals surface area contributed by atoms with Crippen molar-refractivity contribution in [1.82, 2.24) is 0 Å². The van der Waals surface area contributed by atoms with Crippen molar-refractivity contribution in [3.8, 4) is 0 Å². The number of rotatable bonds is 2. The maximum absolute atomic E-state index is 11.1. The van der Waals surface area contributed by atoms with E-state index in [1.54, 1.807) is 0 Å². The Morgan fingerprint density at radius 2 is 1.94 bits per heavy atom. The maximum atomic E-state index is 11.1. The van der Waals surface area contributed by atoms with Gasteiger partial charge in [-0.1, -0.05) is 37.1 Å². The topological polar surface area (TPSA) is 26.3 Å². The second-order valence-corrected chi connectivity index (χ2v) is 5.59. The summed E-state index contributed by atoms with van der Waals surface area (Å²) in [6.45, 7) is 2.06. The van der Waals surface area contributed by atoms with Crippen molar-refractivity contribution in [2.45, 2.75) is 44.4 Å². The van der Waals surface area contributed by atoms with E-state index in [2.05, 4.69) is 24.3 Å². The summed E-state index contributed by atoms with van der Waals surface area (Å²) in [6, 6.07) is 8.74. The molecule has 1 aromatic rings. The Labute approximate surface area is 108 Å². The van der Waals surface area contributed by atoms with E-state index in [-0.39, 0.29) is 5.97 Å². The van der Waals surface area contributed by atoms with Crippen LogP contribution in [0.2, 0.25) is 0 Å². The smallest absolute Gasteiger partial charge is 0.302 e. The van der Waals surface area contributed by atoms with Crippen molar-refractivity contribution in [2.75, 3.05) is 6.61 Å². The Balaban J connectivity index is 1.89. The third-order valence-electron chi connectivity index (χ3n) is 4.60. The minimum absolute atomic E-state index is 0.160. The normalized spacial score (nSPS) is 29.5. The van der Waals surface area contributed by atoms with Crippen LogP contribution in [0.15, 0.2) is 24.3 Å². The Kier molecular flexibility index (Phi) is 3.11. The van der Waals surface area contributed by atoms with Crippen molar-refractivity contribution in [3.05, 3.63) is 35.4 Å². The molecule has 0 heterocycles. The Hall–Kier alpha value is -1.31. The van der Waals surface area contributed by atoms with Gasteiger partial charge >= 0.3 is 5.97 Å². The summed E-state index contributed by atoms with van der Waals surface area (Å²) < 4.78 is 5.29. The summed E-state index contributed by atoms with van der Waals surface area (Å²) >= 11 is 0. The summed E-state index contributed by atoms with van der Waals surface area (Å²) in [5.74, 6) is 1.66. The first kappa shape index (κ1) is 11.8. The van der Waals surface area contributed by atoms with Crippen molar-refractivity contribution in [1.29, 1.82) is 0 Å². The van der Waals surface area contributed by atoms with Gasteiger partial charge in [-0.3, -0.25) is 4.79 Å². The van der Waals surface area contributed by atoms with Crippen LogP contribution < -0.4 is 0 Å². The minimum atomic E-state index is -0.160. The molecule has 2 heteroatoms. The number of esters is 1. The van der Waals surface area contributed by atoms with Gasteiger partial charge in [0.05, 0.1) is 6.61 Å². The summed E-state index contributed by atoms with van der Waals surface area (Å²) in [4.78, 5) is 11.1. The largest absolute Gasteiger partial charge is 0.465 e. The van der Waals surface area contributed by atoms with Crippen molar-refractivity contribution in [2.24, 2.45) is 5.92 Å². The lowest BCUT2D eigenvalue weighted by Gasteiger charge is -2.29. The van der Waals surface area contributed by atoms with Crippen LogP contribution in [0.1, 0.15) is 55.6 Å². The van der Waals surface area contributed by atoms with Crippen molar-refractivity contribution >= 4 is 5.97 Å². The van der Waals surface area contributed by atoms with E-state index >= 15 is 0 Å². The molecule has 0 aromatic heterocycles. The first-order chi connectivity index (χ1) is 8.77. The number of ether oxygens (including phenoxy) is 1. The molecule has 2 aliphatic rings. The molecule has 0 spiro atoms. The molecule has 3 unspecified atom stereocenters. The fraction of sp³-hybridized carbons (Fsp3) is 0.562. The van der Waals surface area contributed by atoms with Gasteiger partial charge in [0.2, 0.25) is 0 Å². The highest BCUT2D eigenvalue weighted by atomic mass is 16.5. The molecule has 0 aliphatic heterocycles. The van der Waals surface area contributed by atoms with Crippen LogP contribution in [-0.4, -0.2) is 12.6 Å². The van der Waals surface area contributed by atoms with Crippen LogP contribution in [0.4, 0.5) is 0 Å². The third kappa shape index (κ3) is 1.94. The zero-order valence-corrected chi connectivity index (χ0v) is 10.9. The monoisotopic (exact) mass is 244 g/mol. The number of hydrogen-bond donors (Lipinski definition) is 0. The van der Waals surface area contributed by atoms with E-state index in [0.29, 0.717) is 24.4 Å². The van der Waals surface area contributed by atoms with Gasteiger partial charge in [-0.25, -0.2) is 0 Å². The first-order valence-corrected chi connectivity index (χ1v) is 6.99. The summed E-state index contributed by atoms with van der Waals surface area (Å²) in [7, 11) is 0. The molecule has 1 fully saturated rings. The van der Waals surface area contributed by atoms with Gasteiger partial charge in [0, 0.05) is 12.8 Å². The fourth-order valence-electron chi connectivity index (χ4n) is 3.86. The van der Waals surface area contributed by atoms with Gasteiger partial charge in [0.1, 0.15) is 0 Å². The van der Waals surface area contributed by atoms with Crippen molar-refractivity contribution < 1.29 is 9.53 Å². The molecule has 0 N–H and O–H groups in total. The van der Waals surface area contributed by atoms with E-state index in [1.165, 1.54) is 43.7 Å². The molecule has 0 saturated heterocycles. The molecule has 0 bridgehead atoms. The molecule has 1 saturated carbocycles. The highest BCUT2D eigenvalue weighted by Crippen LogP contribution is 2.53. The van der Waals surface area contributed by atoms with Gasteiger partial charge in [-0.05, 0) is 35.8 Å². The maximum Gasteiger partial charge on any atom is 0.302 e. The van der Waals surface area contributed by atoms with E-state index in [1.807, 2.05) is 0 Å². The lowest BCUT2D eigenvalue weighted by molar-refractivity contribution is -0.141. The number of benzene rings is 1. The average Bonchev–Trinajstić information content (AvgIpc) is 2.71. The summed E-state index contributed by atoms with van der Waals surface area (Å²) in [5, 5.41) is 0. The van der Waals surface area contributed by atoms with Crippen LogP contribution >= 0.6 is 0 Å². The lowest BCUT2D eigenvalue weighted by Crippen LogP contribution is -2.21. The average molecular weight is 244 g/mol. The molecule has 18 heavy (non-hydrogen) atoms. The van der Waals surface area contributed by atoms with Gasteiger partial charge in [0.25, 0.3) is 0 Å². The highest BCUT2D eigenvalue weighted by molar-refractivity contribution is 5.66. The summed E-state index contributed by atoms with van der Waals surface area (Å²) in [6.07, 6.45) is 5.26. The van der Waals surface area contributed by atoms with Crippen LogP contribution in [0.5, 0.6) is 0 Å².